The third-order valence-corrected chi connectivity index (χ3v) is 4.14. The van der Waals surface area contributed by atoms with Gasteiger partial charge in [-0.05, 0) is 50.8 Å². The summed E-state index contributed by atoms with van der Waals surface area (Å²) < 4.78 is 4.72. The minimum atomic E-state index is -0.454. The number of carbonyl (C=O) groups excluding carboxylic acids is 2. The Kier molecular flexibility index (Phi) is 7.49. The van der Waals surface area contributed by atoms with E-state index in [4.69, 9.17) is 4.74 Å². The van der Waals surface area contributed by atoms with Crippen LogP contribution in [0.5, 0.6) is 0 Å². The molecular weight excluding hydrogens is 304 g/mol. The summed E-state index contributed by atoms with van der Waals surface area (Å²) in [4.78, 5) is 23.7. The summed E-state index contributed by atoms with van der Waals surface area (Å²) in [6, 6.07) is 6.85. The number of hydrogen-bond donors (Lipinski definition) is 2. The van der Waals surface area contributed by atoms with E-state index < -0.39 is 5.97 Å². The van der Waals surface area contributed by atoms with Crippen LogP contribution >= 0.6 is 0 Å². The molecule has 2 N–H and O–H groups in total. The third kappa shape index (κ3) is 5.81. The van der Waals surface area contributed by atoms with Gasteiger partial charge in [-0.15, -0.1) is 0 Å². The van der Waals surface area contributed by atoms with E-state index in [0.29, 0.717) is 24.2 Å². The number of para-hydroxylation sites is 1. The second kappa shape index (κ2) is 9.88. The number of benzene rings is 1. The highest BCUT2D eigenvalue weighted by atomic mass is 16.5. The highest BCUT2D eigenvalue weighted by Crippen LogP contribution is 2.19. The molecular formula is C19H26N2O3. The lowest BCUT2D eigenvalue weighted by Gasteiger charge is -2.13. The van der Waals surface area contributed by atoms with Crippen molar-refractivity contribution in [2.45, 2.75) is 38.5 Å². The van der Waals surface area contributed by atoms with Crippen molar-refractivity contribution in [2.24, 2.45) is 0 Å². The summed E-state index contributed by atoms with van der Waals surface area (Å²) in [6.45, 7) is 1.53. The van der Waals surface area contributed by atoms with Crippen LogP contribution in [0.4, 0.5) is 5.69 Å². The number of methoxy groups -OCH3 is 1. The standard InChI is InChI=1S/C19H26N2O3/c1-24-19(23)16-9-5-6-10-17(16)21-18(22)12-14-20-13-11-15-7-3-2-4-8-15/h5-7,9-10,20H,2-4,8,11-14H2,1H3,(H,21,22). The number of ether oxygens (including phenoxy) is 1. The third-order valence-electron chi connectivity index (χ3n) is 4.14. The first kappa shape index (κ1) is 18.2. The zero-order chi connectivity index (χ0) is 17.2. The van der Waals surface area contributed by atoms with E-state index >= 15 is 0 Å². The Morgan fingerprint density at radius 3 is 2.75 bits per heavy atom. The van der Waals surface area contributed by atoms with Crippen LogP contribution in [-0.2, 0) is 9.53 Å². The average Bonchev–Trinajstić information content (AvgIpc) is 2.62. The van der Waals surface area contributed by atoms with Gasteiger partial charge in [0, 0.05) is 13.0 Å². The molecule has 2 rings (SSSR count). The number of esters is 1. The van der Waals surface area contributed by atoms with Crippen LogP contribution in [0, 0.1) is 0 Å². The molecule has 130 valence electrons. The second-order valence-corrected chi connectivity index (χ2v) is 5.94. The van der Waals surface area contributed by atoms with Crippen molar-refractivity contribution in [3.8, 4) is 0 Å². The second-order valence-electron chi connectivity index (χ2n) is 5.94. The van der Waals surface area contributed by atoms with E-state index in [-0.39, 0.29) is 5.91 Å². The van der Waals surface area contributed by atoms with Gasteiger partial charge in [0.25, 0.3) is 0 Å². The van der Waals surface area contributed by atoms with Crippen LogP contribution in [0.15, 0.2) is 35.9 Å². The van der Waals surface area contributed by atoms with Gasteiger partial charge < -0.3 is 15.4 Å². The first-order valence-electron chi connectivity index (χ1n) is 8.56. The molecule has 0 unspecified atom stereocenters. The van der Waals surface area contributed by atoms with Gasteiger partial charge >= 0.3 is 5.97 Å². The first-order chi connectivity index (χ1) is 11.7. The summed E-state index contributed by atoms with van der Waals surface area (Å²) in [6.07, 6.45) is 8.81. The molecule has 1 aromatic carbocycles. The maximum absolute atomic E-state index is 12.0. The van der Waals surface area contributed by atoms with Gasteiger partial charge in [0.15, 0.2) is 0 Å². The average molecular weight is 330 g/mol. The molecule has 0 saturated heterocycles. The van der Waals surface area contributed by atoms with E-state index in [1.165, 1.54) is 38.4 Å². The van der Waals surface area contributed by atoms with E-state index in [0.717, 1.165) is 13.0 Å². The number of nitrogens with one attached hydrogen (secondary N) is 2. The van der Waals surface area contributed by atoms with Gasteiger partial charge in [-0.1, -0.05) is 23.8 Å². The Hall–Kier alpha value is -2.14. The van der Waals surface area contributed by atoms with Gasteiger partial charge in [0.05, 0.1) is 18.4 Å². The molecule has 5 heteroatoms. The maximum atomic E-state index is 12.0. The Morgan fingerprint density at radius 2 is 2.00 bits per heavy atom. The summed E-state index contributed by atoms with van der Waals surface area (Å²) in [7, 11) is 1.33. The first-order valence-corrected chi connectivity index (χ1v) is 8.56. The Morgan fingerprint density at radius 1 is 1.17 bits per heavy atom. The van der Waals surface area contributed by atoms with Gasteiger partial charge in [-0.2, -0.15) is 0 Å². The van der Waals surface area contributed by atoms with E-state index in [1.54, 1.807) is 24.3 Å². The monoisotopic (exact) mass is 330 g/mol. The number of carbonyl (C=O) groups is 2. The lowest BCUT2D eigenvalue weighted by atomic mass is 9.97. The summed E-state index contributed by atoms with van der Waals surface area (Å²) in [5.74, 6) is -0.569. The summed E-state index contributed by atoms with van der Waals surface area (Å²) >= 11 is 0. The number of anilines is 1. The number of allylic oxidation sites excluding steroid dienone is 1. The Bertz CT molecular complexity index is 596. The molecule has 1 aliphatic carbocycles. The smallest absolute Gasteiger partial charge is 0.339 e. The van der Waals surface area contributed by atoms with Gasteiger partial charge in [-0.25, -0.2) is 4.79 Å². The van der Waals surface area contributed by atoms with Crippen molar-refractivity contribution in [1.82, 2.24) is 5.32 Å². The molecule has 5 nitrogen and oxygen atoms in total. The minimum Gasteiger partial charge on any atom is -0.465 e. The highest BCUT2D eigenvalue weighted by Gasteiger charge is 2.12. The lowest BCUT2D eigenvalue weighted by Crippen LogP contribution is -2.23. The van der Waals surface area contributed by atoms with Gasteiger partial charge in [-0.3, -0.25) is 4.79 Å². The van der Waals surface area contributed by atoms with E-state index in [2.05, 4.69) is 16.7 Å². The fourth-order valence-electron chi connectivity index (χ4n) is 2.80. The molecule has 0 radical (unpaired) electrons. The molecule has 0 atom stereocenters. The molecule has 0 spiro atoms. The molecule has 24 heavy (non-hydrogen) atoms. The molecule has 1 amide bonds. The van der Waals surface area contributed by atoms with E-state index in [9.17, 15) is 9.59 Å². The van der Waals surface area contributed by atoms with Crippen molar-refractivity contribution in [1.29, 1.82) is 0 Å². The molecule has 0 aliphatic heterocycles. The fraction of sp³-hybridized carbons (Fsp3) is 0.474. The summed E-state index contributed by atoms with van der Waals surface area (Å²) in [5, 5.41) is 6.08. The van der Waals surface area contributed by atoms with Crippen LogP contribution in [0.2, 0.25) is 0 Å². The topological polar surface area (TPSA) is 67.4 Å². The van der Waals surface area contributed by atoms with Crippen molar-refractivity contribution < 1.29 is 14.3 Å². The van der Waals surface area contributed by atoms with Crippen LogP contribution < -0.4 is 10.6 Å². The van der Waals surface area contributed by atoms with Crippen molar-refractivity contribution in [2.75, 3.05) is 25.5 Å². The fourth-order valence-corrected chi connectivity index (χ4v) is 2.80. The zero-order valence-corrected chi connectivity index (χ0v) is 14.3. The molecule has 0 heterocycles. The van der Waals surface area contributed by atoms with Crippen molar-refractivity contribution in [3.63, 3.8) is 0 Å². The number of rotatable bonds is 8. The quantitative estimate of drug-likeness (QED) is 0.436. The predicted octanol–water partition coefficient (Wildman–Crippen LogP) is 3.28. The van der Waals surface area contributed by atoms with Crippen molar-refractivity contribution >= 4 is 17.6 Å². The summed E-state index contributed by atoms with van der Waals surface area (Å²) in [5.41, 5.74) is 2.39. The molecule has 0 aromatic heterocycles. The Labute approximate surface area is 143 Å². The number of amides is 1. The largest absolute Gasteiger partial charge is 0.465 e. The molecule has 1 aromatic rings. The Balaban J connectivity index is 1.70. The van der Waals surface area contributed by atoms with Crippen LogP contribution in [-0.4, -0.2) is 32.1 Å². The minimum absolute atomic E-state index is 0.115. The molecule has 0 bridgehead atoms. The van der Waals surface area contributed by atoms with Crippen LogP contribution in [0.1, 0.15) is 48.9 Å². The maximum Gasteiger partial charge on any atom is 0.339 e. The predicted molar refractivity (Wildman–Crippen MR) is 95.1 cm³/mol. The van der Waals surface area contributed by atoms with E-state index in [1.807, 2.05) is 0 Å². The number of hydrogen-bond acceptors (Lipinski definition) is 4. The van der Waals surface area contributed by atoms with Gasteiger partial charge in [0.2, 0.25) is 5.91 Å². The lowest BCUT2D eigenvalue weighted by molar-refractivity contribution is -0.116. The SMILES string of the molecule is COC(=O)c1ccccc1NC(=O)CCNCCC1=CCCCC1. The van der Waals surface area contributed by atoms with Crippen molar-refractivity contribution in [3.05, 3.63) is 41.5 Å². The zero-order valence-electron chi connectivity index (χ0n) is 14.3. The highest BCUT2D eigenvalue weighted by molar-refractivity contribution is 6.01. The normalized spacial score (nSPS) is 14.0. The molecule has 0 fully saturated rings. The van der Waals surface area contributed by atoms with Crippen LogP contribution in [0.3, 0.4) is 0 Å². The van der Waals surface area contributed by atoms with Gasteiger partial charge in [0.1, 0.15) is 0 Å². The molecule has 1 aliphatic rings. The molecule has 0 saturated carbocycles. The van der Waals surface area contributed by atoms with Crippen LogP contribution in [0.25, 0.3) is 0 Å².